The Balaban J connectivity index is 3.11. The van der Waals surface area contributed by atoms with Gasteiger partial charge in [-0.3, -0.25) is 4.79 Å². The van der Waals surface area contributed by atoms with Crippen LogP contribution in [0, 0.1) is 0 Å². The molecule has 1 aromatic carbocycles. The standard InChI is InChI=1S/C12H12Br2O4/c13-4-3-10(15)9-2-1-7(5-8(9)6-14)11(16)12(17)18/h1-2,5,11,16H,3-4,6H2,(H,17,18). The van der Waals surface area contributed by atoms with Crippen LogP contribution in [-0.2, 0) is 10.1 Å². The number of carbonyl (C=O) groups excluding carboxylic acids is 1. The van der Waals surface area contributed by atoms with E-state index in [0.29, 0.717) is 28.2 Å². The first kappa shape index (κ1) is 15.3. The van der Waals surface area contributed by atoms with E-state index in [4.69, 9.17) is 5.11 Å². The fourth-order valence-electron chi connectivity index (χ4n) is 1.53. The molecular formula is C12H12Br2O4. The molecule has 0 aliphatic rings. The number of Topliss-reactive ketones (excluding diaryl/α,β-unsaturated/α-hetero) is 1. The number of benzene rings is 1. The minimum atomic E-state index is -1.57. The molecule has 98 valence electrons. The molecule has 0 amide bonds. The van der Waals surface area contributed by atoms with Crippen LogP contribution in [0.1, 0.15) is 34.0 Å². The molecule has 1 atom stereocenters. The number of halogens is 2. The summed E-state index contributed by atoms with van der Waals surface area (Å²) in [5.41, 5.74) is 1.50. The van der Waals surface area contributed by atoms with Gasteiger partial charge in [-0.1, -0.05) is 50.1 Å². The predicted octanol–water partition coefficient (Wildman–Crippen LogP) is 2.67. The number of aliphatic hydroxyl groups is 1. The zero-order valence-electron chi connectivity index (χ0n) is 9.40. The zero-order valence-corrected chi connectivity index (χ0v) is 12.6. The third-order valence-electron chi connectivity index (χ3n) is 2.44. The number of aliphatic hydroxyl groups excluding tert-OH is 1. The molecule has 4 nitrogen and oxygen atoms in total. The molecule has 0 aromatic heterocycles. The lowest BCUT2D eigenvalue weighted by molar-refractivity contribution is -0.146. The lowest BCUT2D eigenvalue weighted by atomic mass is 9.98. The van der Waals surface area contributed by atoms with Gasteiger partial charge in [-0.2, -0.15) is 0 Å². The van der Waals surface area contributed by atoms with Crippen molar-refractivity contribution in [1.29, 1.82) is 0 Å². The van der Waals surface area contributed by atoms with Crippen LogP contribution in [0.5, 0.6) is 0 Å². The number of carboxylic acid groups (broad SMARTS) is 1. The van der Waals surface area contributed by atoms with E-state index in [9.17, 15) is 14.7 Å². The third-order valence-corrected chi connectivity index (χ3v) is 3.45. The summed E-state index contributed by atoms with van der Waals surface area (Å²) in [7, 11) is 0. The van der Waals surface area contributed by atoms with Crippen molar-refractivity contribution in [3.05, 3.63) is 34.9 Å². The van der Waals surface area contributed by atoms with Crippen molar-refractivity contribution in [3.63, 3.8) is 0 Å². The number of alkyl halides is 2. The Morgan fingerprint density at radius 3 is 2.44 bits per heavy atom. The first-order valence-corrected chi connectivity index (χ1v) is 7.44. The molecule has 0 spiro atoms. The lowest BCUT2D eigenvalue weighted by Gasteiger charge is -2.11. The smallest absolute Gasteiger partial charge is 0.337 e. The lowest BCUT2D eigenvalue weighted by Crippen LogP contribution is -2.12. The summed E-state index contributed by atoms with van der Waals surface area (Å²) in [6, 6.07) is 4.56. The van der Waals surface area contributed by atoms with E-state index >= 15 is 0 Å². The number of rotatable bonds is 6. The topological polar surface area (TPSA) is 74.6 Å². The average molecular weight is 380 g/mol. The van der Waals surface area contributed by atoms with E-state index < -0.39 is 12.1 Å². The summed E-state index contributed by atoms with van der Waals surface area (Å²) >= 11 is 6.46. The maximum absolute atomic E-state index is 11.8. The van der Waals surface area contributed by atoms with Crippen LogP contribution in [0.3, 0.4) is 0 Å². The summed E-state index contributed by atoms with van der Waals surface area (Å²) in [6.07, 6.45) is -1.19. The van der Waals surface area contributed by atoms with Crippen molar-refractivity contribution in [3.8, 4) is 0 Å². The van der Waals surface area contributed by atoms with Gasteiger partial charge in [-0.05, 0) is 11.1 Å². The summed E-state index contributed by atoms with van der Waals surface area (Å²) in [5, 5.41) is 19.2. The largest absolute Gasteiger partial charge is 0.479 e. The van der Waals surface area contributed by atoms with E-state index in [1.165, 1.54) is 12.1 Å². The Morgan fingerprint density at radius 2 is 1.94 bits per heavy atom. The second-order valence-electron chi connectivity index (χ2n) is 3.65. The SMILES string of the molecule is O=C(CCBr)c1ccc(C(O)C(=O)O)cc1CBr. The number of hydrogen-bond acceptors (Lipinski definition) is 3. The molecule has 1 aromatic rings. The molecule has 0 aliphatic heterocycles. The van der Waals surface area contributed by atoms with Crippen LogP contribution >= 0.6 is 31.9 Å². The zero-order chi connectivity index (χ0) is 13.7. The van der Waals surface area contributed by atoms with Crippen molar-refractivity contribution in [2.24, 2.45) is 0 Å². The average Bonchev–Trinajstić information content (AvgIpc) is 2.37. The Kier molecular flexibility index (Phi) is 5.98. The molecule has 2 N–H and O–H groups in total. The van der Waals surface area contributed by atoms with Crippen molar-refractivity contribution in [2.75, 3.05) is 5.33 Å². The Labute approximate surface area is 121 Å². The van der Waals surface area contributed by atoms with Gasteiger partial charge in [0.25, 0.3) is 0 Å². The van der Waals surface area contributed by atoms with Crippen molar-refractivity contribution < 1.29 is 19.8 Å². The maximum Gasteiger partial charge on any atom is 0.337 e. The highest BCUT2D eigenvalue weighted by Crippen LogP contribution is 2.21. The maximum atomic E-state index is 11.8. The quantitative estimate of drug-likeness (QED) is 0.588. The van der Waals surface area contributed by atoms with E-state index in [2.05, 4.69) is 31.9 Å². The molecule has 1 rings (SSSR count). The number of carboxylic acids is 1. The summed E-state index contributed by atoms with van der Waals surface area (Å²) in [4.78, 5) is 22.5. The van der Waals surface area contributed by atoms with Gasteiger partial charge in [0.2, 0.25) is 0 Å². The third kappa shape index (κ3) is 3.63. The molecule has 0 radical (unpaired) electrons. The predicted molar refractivity (Wildman–Crippen MR) is 74.4 cm³/mol. The van der Waals surface area contributed by atoms with Crippen LogP contribution in [0.25, 0.3) is 0 Å². The van der Waals surface area contributed by atoms with E-state index in [0.717, 1.165) is 0 Å². The molecule has 0 fully saturated rings. The Morgan fingerprint density at radius 1 is 1.28 bits per heavy atom. The first-order valence-electron chi connectivity index (χ1n) is 5.20. The van der Waals surface area contributed by atoms with Gasteiger partial charge >= 0.3 is 5.97 Å². The van der Waals surface area contributed by atoms with Gasteiger partial charge in [0.1, 0.15) is 0 Å². The molecule has 0 saturated carbocycles. The normalized spacial score (nSPS) is 12.2. The van der Waals surface area contributed by atoms with Gasteiger partial charge in [0.15, 0.2) is 11.9 Å². The highest BCUT2D eigenvalue weighted by atomic mass is 79.9. The van der Waals surface area contributed by atoms with Gasteiger partial charge in [-0.15, -0.1) is 0 Å². The molecular weight excluding hydrogens is 368 g/mol. The first-order chi connectivity index (χ1) is 8.51. The van der Waals surface area contributed by atoms with Crippen LogP contribution in [-0.4, -0.2) is 27.3 Å². The molecule has 0 saturated heterocycles. The van der Waals surface area contributed by atoms with E-state index in [1.54, 1.807) is 6.07 Å². The molecule has 0 heterocycles. The summed E-state index contributed by atoms with van der Waals surface area (Å²) < 4.78 is 0. The van der Waals surface area contributed by atoms with Gasteiger partial charge in [0, 0.05) is 22.6 Å². The highest BCUT2D eigenvalue weighted by molar-refractivity contribution is 9.09. The van der Waals surface area contributed by atoms with Crippen LogP contribution < -0.4 is 0 Å². The fraction of sp³-hybridized carbons (Fsp3) is 0.333. The molecule has 1 unspecified atom stereocenters. The van der Waals surface area contributed by atoms with Crippen molar-refractivity contribution in [1.82, 2.24) is 0 Å². The highest BCUT2D eigenvalue weighted by Gasteiger charge is 2.18. The monoisotopic (exact) mass is 378 g/mol. The van der Waals surface area contributed by atoms with E-state index in [1.807, 2.05) is 0 Å². The van der Waals surface area contributed by atoms with Crippen LogP contribution in [0.2, 0.25) is 0 Å². The fourth-order valence-corrected chi connectivity index (χ4v) is 2.35. The molecule has 0 bridgehead atoms. The number of aliphatic carboxylic acids is 1. The Hall–Kier alpha value is -0.720. The number of carbonyl (C=O) groups is 2. The van der Waals surface area contributed by atoms with Gasteiger partial charge in [-0.25, -0.2) is 4.79 Å². The minimum Gasteiger partial charge on any atom is -0.479 e. The molecule has 18 heavy (non-hydrogen) atoms. The second kappa shape index (κ2) is 7.01. The summed E-state index contributed by atoms with van der Waals surface area (Å²) in [5.74, 6) is -1.33. The van der Waals surface area contributed by atoms with Gasteiger partial charge < -0.3 is 10.2 Å². The molecule has 0 aliphatic carbocycles. The second-order valence-corrected chi connectivity index (χ2v) is 5.01. The number of hydrogen-bond donors (Lipinski definition) is 2. The van der Waals surface area contributed by atoms with Gasteiger partial charge in [0.05, 0.1) is 0 Å². The minimum absolute atomic E-state index is 0.0160. The van der Waals surface area contributed by atoms with Crippen LogP contribution in [0.15, 0.2) is 18.2 Å². The molecule has 6 heteroatoms. The van der Waals surface area contributed by atoms with E-state index in [-0.39, 0.29) is 11.3 Å². The van der Waals surface area contributed by atoms with Crippen LogP contribution in [0.4, 0.5) is 0 Å². The Bertz CT molecular complexity index is 459. The van der Waals surface area contributed by atoms with Crippen molar-refractivity contribution in [2.45, 2.75) is 17.9 Å². The van der Waals surface area contributed by atoms with Crippen molar-refractivity contribution >= 4 is 43.6 Å². The number of ketones is 1. The summed E-state index contributed by atoms with van der Waals surface area (Å²) in [6.45, 7) is 0.